The molecule has 0 saturated carbocycles. The number of H-pyrrole nitrogens is 1. The minimum Gasteiger partial charge on any atom is -0.305 e. The SMILES string of the molecule is O=C(Nc1ncnc(Cl)c1Cl)c1ccc2cn[nH]c2c1. The third-order valence-electron chi connectivity index (χ3n) is 2.68. The molecule has 0 saturated heterocycles. The van der Waals surface area contributed by atoms with Gasteiger partial charge in [-0.15, -0.1) is 0 Å². The van der Waals surface area contributed by atoms with Gasteiger partial charge in [-0.05, 0) is 12.1 Å². The van der Waals surface area contributed by atoms with Crippen molar-refractivity contribution in [2.45, 2.75) is 0 Å². The highest BCUT2D eigenvalue weighted by Crippen LogP contribution is 2.25. The fraction of sp³-hybridized carbons (Fsp3) is 0. The van der Waals surface area contributed by atoms with Gasteiger partial charge >= 0.3 is 0 Å². The van der Waals surface area contributed by atoms with Crippen LogP contribution < -0.4 is 5.32 Å². The molecule has 3 aromatic rings. The number of amides is 1. The lowest BCUT2D eigenvalue weighted by Gasteiger charge is -2.06. The quantitative estimate of drug-likeness (QED) is 0.713. The second kappa shape index (κ2) is 5.07. The smallest absolute Gasteiger partial charge is 0.256 e. The lowest BCUT2D eigenvalue weighted by Crippen LogP contribution is -2.13. The Bertz CT molecular complexity index is 801. The Morgan fingerprint density at radius 3 is 2.95 bits per heavy atom. The van der Waals surface area contributed by atoms with Gasteiger partial charge in [0.05, 0.1) is 11.7 Å². The molecular weight excluding hydrogens is 301 g/mol. The predicted octanol–water partition coefficient (Wildman–Crippen LogP) is 2.91. The van der Waals surface area contributed by atoms with Crippen molar-refractivity contribution < 1.29 is 4.79 Å². The minimum atomic E-state index is -0.349. The van der Waals surface area contributed by atoms with Crippen LogP contribution in [0.3, 0.4) is 0 Å². The number of carbonyl (C=O) groups is 1. The predicted molar refractivity (Wildman–Crippen MR) is 76.1 cm³/mol. The third kappa shape index (κ3) is 2.31. The molecule has 0 bridgehead atoms. The van der Waals surface area contributed by atoms with Crippen LogP contribution >= 0.6 is 23.2 Å². The van der Waals surface area contributed by atoms with E-state index in [1.54, 1.807) is 24.4 Å². The summed E-state index contributed by atoms with van der Waals surface area (Å²) in [6, 6.07) is 5.17. The van der Waals surface area contributed by atoms with Gasteiger partial charge in [-0.2, -0.15) is 5.10 Å². The van der Waals surface area contributed by atoms with Gasteiger partial charge in [0, 0.05) is 10.9 Å². The first-order valence-corrected chi connectivity index (χ1v) is 6.31. The highest BCUT2D eigenvalue weighted by atomic mass is 35.5. The Morgan fingerprint density at radius 1 is 1.25 bits per heavy atom. The van der Waals surface area contributed by atoms with Crippen LogP contribution in [0.25, 0.3) is 10.9 Å². The minimum absolute atomic E-state index is 0.0842. The van der Waals surface area contributed by atoms with E-state index < -0.39 is 0 Å². The van der Waals surface area contributed by atoms with Crippen LogP contribution in [-0.4, -0.2) is 26.1 Å². The molecule has 0 radical (unpaired) electrons. The van der Waals surface area contributed by atoms with Crippen molar-refractivity contribution >= 4 is 45.8 Å². The van der Waals surface area contributed by atoms with Gasteiger partial charge in [0.25, 0.3) is 5.91 Å². The van der Waals surface area contributed by atoms with Gasteiger partial charge in [-0.1, -0.05) is 29.3 Å². The van der Waals surface area contributed by atoms with Crippen LogP contribution in [0.15, 0.2) is 30.7 Å². The number of anilines is 1. The van der Waals surface area contributed by atoms with Crippen LogP contribution in [0.2, 0.25) is 10.2 Å². The molecule has 0 aliphatic heterocycles. The molecule has 20 heavy (non-hydrogen) atoms. The molecule has 1 aromatic carbocycles. The zero-order valence-electron chi connectivity index (χ0n) is 9.89. The highest BCUT2D eigenvalue weighted by Gasteiger charge is 2.12. The number of rotatable bonds is 2. The van der Waals surface area contributed by atoms with E-state index in [2.05, 4.69) is 25.5 Å². The number of hydrogen-bond acceptors (Lipinski definition) is 4. The maximum atomic E-state index is 12.1. The Kier molecular flexibility index (Phi) is 3.25. The standard InChI is InChI=1S/C12H7Cl2N5O/c13-9-10(14)15-5-16-11(9)18-12(20)6-1-2-7-4-17-19-8(7)3-6/h1-5H,(H,17,19)(H,15,16,18,20). The zero-order valence-corrected chi connectivity index (χ0v) is 11.4. The van der Waals surface area contributed by atoms with E-state index in [4.69, 9.17) is 23.2 Å². The molecule has 0 aliphatic rings. The number of aromatic nitrogens is 4. The summed E-state index contributed by atoms with van der Waals surface area (Å²) in [7, 11) is 0. The molecule has 0 atom stereocenters. The monoisotopic (exact) mass is 307 g/mol. The highest BCUT2D eigenvalue weighted by molar-refractivity contribution is 6.43. The summed E-state index contributed by atoms with van der Waals surface area (Å²) in [5.74, 6) is -0.181. The van der Waals surface area contributed by atoms with E-state index in [1.165, 1.54) is 6.33 Å². The summed E-state index contributed by atoms with van der Waals surface area (Å²) in [4.78, 5) is 19.7. The number of fused-ring (bicyclic) bond motifs is 1. The Hall–Kier alpha value is -2.18. The van der Waals surface area contributed by atoms with Crippen molar-refractivity contribution in [3.8, 4) is 0 Å². The summed E-state index contributed by atoms with van der Waals surface area (Å²) >= 11 is 11.7. The van der Waals surface area contributed by atoms with Crippen LogP contribution in [-0.2, 0) is 0 Å². The number of nitrogens with one attached hydrogen (secondary N) is 2. The van der Waals surface area contributed by atoms with E-state index >= 15 is 0 Å². The van der Waals surface area contributed by atoms with Crippen molar-refractivity contribution in [2.75, 3.05) is 5.32 Å². The van der Waals surface area contributed by atoms with Crippen molar-refractivity contribution in [1.29, 1.82) is 0 Å². The topological polar surface area (TPSA) is 83.6 Å². The summed E-state index contributed by atoms with van der Waals surface area (Å²) in [5.41, 5.74) is 1.22. The maximum Gasteiger partial charge on any atom is 0.256 e. The maximum absolute atomic E-state index is 12.1. The van der Waals surface area contributed by atoms with Gasteiger partial charge in [-0.25, -0.2) is 9.97 Å². The fourth-order valence-corrected chi connectivity index (χ4v) is 1.97. The summed E-state index contributed by atoms with van der Waals surface area (Å²) < 4.78 is 0. The van der Waals surface area contributed by atoms with Gasteiger partial charge in [0.15, 0.2) is 11.0 Å². The average molecular weight is 308 g/mol. The number of halogens is 2. The van der Waals surface area contributed by atoms with Crippen LogP contribution in [0.1, 0.15) is 10.4 Å². The largest absolute Gasteiger partial charge is 0.305 e. The summed E-state index contributed by atoms with van der Waals surface area (Å²) in [5, 5.41) is 10.4. The number of carbonyl (C=O) groups excluding carboxylic acids is 1. The fourth-order valence-electron chi connectivity index (χ4n) is 1.69. The van der Waals surface area contributed by atoms with Crippen molar-refractivity contribution in [3.63, 3.8) is 0 Å². The first-order valence-electron chi connectivity index (χ1n) is 5.55. The van der Waals surface area contributed by atoms with Gasteiger partial charge in [0.1, 0.15) is 11.3 Å². The molecule has 2 aromatic heterocycles. The molecule has 100 valence electrons. The van der Waals surface area contributed by atoms with Crippen LogP contribution in [0.5, 0.6) is 0 Å². The van der Waals surface area contributed by atoms with Crippen molar-refractivity contribution in [3.05, 3.63) is 46.5 Å². The van der Waals surface area contributed by atoms with E-state index in [0.717, 1.165) is 10.9 Å². The van der Waals surface area contributed by atoms with E-state index in [-0.39, 0.29) is 21.9 Å². The molecule has 6 nitrogen and oxygen atoms in total. The van der Waals surface area contributed by atoms with Gasteiger partial charge in [-0.3, -0.25) is 9.89 Å². The van der Waals surface area contributed by atoms with Gasteiger partial charge in [0.2, 0.25) is 0 Å². The summed E-state index contributed by atoms with van der Waals surface area (Å²) in [6.45, 7) is 0. The van der Waals surface area contributed by atoms with Gasteiger partial charge < -0.3 is 5.32 Å². The normalized spacial score (nSPS) is 10.7. The second-order valence-electron chi connectivity index (χ2n) is 3.95. The van der Waals surface area contributed by atoms with E-state index in [1.807, 2.05) is 0 Å². The van der Waals surface area contributed by atoms with Crippen LogP contribution in [0.4, 0.5) is 5.82 Å². The molecule has 2 heterocycles. The molecule has 0 aliphatic carbocycles. The van der Waals surface area contributed by atoms with Crippen LogP contribution in [0, 0.1) is 0 Å². The second-order valence-corrected chi connectivity index (χ2v) is 4.69. The molecule has 8 heteroatoms. The lowest BCUT2D eigenvalue weighted by molar-refractivity contribution is 0.102. The molecule has 0 fully saturated rings. The number of nitrogens with zero attached hydrogens (tertiary/aromatic N) is 3. The van der Waals surface area contributed by atoms with Crippen molar-refractivity contribution in [1.82, 2.24) is 20.2 Å². The molecular formula is C12H7Cl2N5O. The third-order valence-corrected chi connectivity index (χ3v) is 3.42. The Balaban J connectivity index is 1.90. The van der Waals surface area contributed by atoms with Crippen molar-refractivity contribution in [2.24, 2.45) is 0 Å². The number of aromatic amines is 1. The summed E-state index contributed by atoms with van der Waals surface area (Å²) in [6.07, 6.45) is 2.90. The van der Waals surface area contributed by atoms with E-state index in [0.29, 0.717) is 5.56 Å². The Labute approximate surface area is 123 Å². The first-order chi connectivity index (χ1) is 9.65. The number of benzene rings is 1. The molecule has 2 N–H and O–H groups in total. The Morgan fingerprint density at radius 2 is 2.10 bits per heavy atom. The lowest BCUT2D eigenvalue weighted by atomic mass is 10.1. The van der Waals surface area contributed by atoms with E-state index in [9.17, 15) is 4.79 Å². The average Bonchev–Trinajstić information content (AvgIpc) is 2.91. The molecule has 1 amide bonds. The zero-order chi connectivity index (χ0) is 14.1. The molecule has 0 unspecified atom stereocenters. The molecule has 0 spiro atoms. The molecule has 3 rings (SSSR count). The first kappa shape index (κ1) is 12.8. The number of hydrogen-bond donors (Lipinski definition) is 2.